The van der Waals surface area contributed by atoms with E-state index < -0.39 is 12.0 Å². The zero-order valence-electron chi connectivity index (χ0n) is 11.8. The van der Waals surface area contributed by atoms with Gasteiger partial charge in [0.15, 0.2) is 0 Å². The fourth-order valence-electron chi connectivity index (χ4n) is 3.34. The summed E-state index contributed by atoms with van der Waals surface area (Å²) in [6.07, 6.45) is 8.33. The molecule has 3 nitrogen and oxygen atoms in total. The van der Waals surface area contributed by atoms with E-state index in [4.69, 9.17) is 0 Å². The van der Waals surface area contributed by atoms with Crippen molar-refractivity contribution in [3.63, 3.8) is 0 Å². The van der Waals surface area contributed by atoms with Crippen LogP contribution in [0.3, 0.4) is 0 Å². The van der Waals surface area contributed by atoms with Crippen LogP contribution in [0.25, 0.3) is 0 Å². The third kappa shape index (κ3) is 3.04. The average molecular weight is 273 g/mol. The van der Waals surface area contributed by atoms with E-state index in [1.807, 2.05) is 18.2 Å². The molecular weight excluding hydrogens is 250 g/mol. The van der Waals surface area contributed by atoms with Crippen LogP contribution in [0.5, 0.6) is 0 Å². The predicted molar refractivity (Wildman–Crippen MR) is 78.8 cm³/mol. The Labute approximate surface area is 120 Å². The van der Waals surface area contributed by atoms with Crippen LogP contribution in [-0.2, 0) is 4.79 Å². The van der Waals surface area contributed by atoms with Crippen LogP contribution in [0, 0.1) is 0 Å². The first kappa shape index (κ1) is 13.6. The van der Waals surface area contributed by atoms with Crippen LogP contribution < -0.4 is 5.32 Å². The van der Waals surface area contributed by atoms with E-state index in [2.05, 4.69) is 11.4 Å². The van der Waals surface area contributed by atoms with Gasteiger partial charge in [-0.1, -0.05) is 43.5 Å². The van der Waals surface area contributed by atoms with E-state index in [1.54, 1.807) is 0 Å². The van der Waals surface area contributed by atoms with Crippen molar-refractivity contribution in [3.8, 4) is 0 Å². The molecule has 1 atom stereocenters. The van der Waals surface area contributed by atoms with Crippen molar-refractivity contribution < 1.29 is 9.90 Å². The molecule has 1 aromatic carbocycles. The first-order valence-electron chi connectivity index (χ1n) is 7.83. The molecule has 2 N–H and O–H groups in total. The molecule has 0 spiro atoms. The van der Waals surface area contributed by atoms with E-state index in [0.29, 0.717) is 12.0 Å². The number of carboxylic acids is 1. The number of aliphatic carboxylic acids is 1. The van der Waals surface area contributed by atoms with E-state index in [0.717, 1.165) is 18.4 Å². The first-order valence-corrected chi connectivity index (χ1v) is 7.83. The molecule has 0 aromatic heterocycles. The van der Waals surface area contributed by atoms with Crippen LogP contribution in [-0.4, -0.2) is 17.1 Å². The molecular formula is C17H23NO2. The molecule has 0 amide bonds. The second kappa shape index (κ2) is 5.96. The van der Waals surface area contributed by atoms with Crippen molar-refractivity contribution >= 4 is 5.97 Å². The summed E-state index contributed by atoms with van der Waals surface area (Å²) in [6, 6.07) is 7.89. The van der Waals surface area contributed by atoms with Gasteiger partial charge in [0.2, 0.25) is 0 Å². The van der Waals surface area contributed by atoms with Gasteiger partial charge in [-0.3, -0.25) is 10.1 Å². The second-order valence-electron chi connectivity index (χ2n) is 6.18. The first-order chi connectivity index (χ1) is 9.75. The third-order valence-corrected chi connectivity index (χ3v) is 4.58. The SMILES string of the molecule is O=C(O)C(NC1CCCCC1)c1ccccc1C1CC1. The van der Waals surface area contributed by atoms with Gasteiger partial charge in [0.05, 0.1) is 0 Å². The Hall–Kier alpha value is -1.35. The molecule has 108 valence electrons. The standard InChI is InChI=1S/C17H23NO2/c19-17(20)16(18-13-6-2-1-3-7-13)15-9-5-4-8-14(15)12-10-11-12/h4-5,8-9,12-13,16,18H,1-3,6-7,10-11H2,(H,19,20). The molecule has 2 aliphatic carbocycles. The maximum Gasteiger partial charge on any atom is 0.325 e. The Morgan fingerprint density at radius 1 is 1.10 bits per heavy atom. The van der Waals surface area contributed by atoms with Gasteiger partial charge in [-0.05, 0) is 42.7 Å². The van der Waals surface area contributed by atoms with Crippen molar-refractivity contribution in [1.29, 1.82) is 0 Å². The third-order valence-electron chi connectivity index (χ3n) is 4.58. The topological polar surface area (TPSA) is 49.3 Å². The highest BCUT2D eigenvalue weighted by atomic mass is 16.4. The second-order valence-corrected chi connectivity index (χ2v) is 6.18. The number of nitrogens with one attached hydrogen (secondary N) is 1. The van der Waals surface area contributed by atoms with Crippen LogP contribution in [0.1, 0.15) is 68.0 Å². The molecule has 0 saturated heterocycles. The minimum atomic E-state index is -0.747. The Bertz CT molecular complexity index is 476. The van der Waals surface area contributed by atoms with E-state index in [-0.39, 0.29) is 0 Å². The monoisotopic (exact) mass is 273 g/mol. The van der Waals surface area contributed by atoms with Gasteiger partial charge in [-0.15, -0.1) is 0 Å². The van der Waals surface area contributed by atoms with Crippen LogP contribution in [0.4, 0.5) is 0 Å². The largest absolute Gasteiger partial charge is 0.480 e. The number of benzene rings is 1. The minimum absolute atomic E-state index is 0.358. The molecule has 20 heavy (non-hydrogen) atoms. The number of carboxylic acid groups (broad SMARTS) is 1. The van der Waals surface area contributed by atoms with Crippen LogP contribution in [0.15, 0.2) is 24.3 Å². The summed E-state index contributed by atoms with van der Waals surface area (Å²) >= 11 is 0. The lowest BCUT2D eigenvalue weighted by atomic mass is 9.92. The van der Waals surface area contributed by atoms with Crippen LogP contribution in [0.2, 0.25) is 0 Å². The summed E-state index contributed by atoms with van der Waals surface area (Å²) in [4.78, 5) is 11.7. The Kier molecular flexibility index (Phi) is 4.06. The van der Waals surface area contributed by atoms with Gasteiger partial charge in [0.25, 0.3) is 0 Å². The lowest BCUT2D eigenvalue weighted by molar-refractivity contribution is -0.140. The Morgan fingerprint density at radius 3 is 2.45 bits per heavy atom. The van der Waals surface area contributed by atoms with Gasteiger partial charge >= 0.3 is 5.97 Å². The molecule has 1 unspecified atom stereocenters. The normalized spacial score (nSPS) is 21.6. The molecule has 2 aliphatic rings. The van der Waals surface area contributed by atoms with Crippen molar-refractivity contribution in [2.45, 2.75) is 62.9 Å². The highest BCUT2D eigenvalue weighted by molar-refractivity contribution is 5.76. The summed E-state index contributed by atoms with van der Waals surface area (Å²) in [7, 11) is 0. The summed E-state index contributed by atoms with van der Waals surface area (Å²) < 4.78 is 0. The highest BCUT2D eigenvalue weighted by Gasteiger charge is 2.31. The fourth-order valence-corrected chi connectivity index (χ4v) is 3.34. The number of carbonyl (C=O) groups is 1. The van der Waals surface area contributed by atoms with Crippen molar-refractivity contribution in [2.24, 2.45) is 0 Å². The molecule has 0 radical (unpaired) electrons. The molecule has 3 rings (SSSR count). The molecule has 2 fully saturated rings. The quantitative estimate of drug-likeness (QED) is 0.861. The molecule has 2 saturated carbocycles. The summed E-state index contributed by atoms with van der Waals surface area (Å²) in [5.74, 6) is -0.162. The van der Waals surface area contributed by atoms with Gasteiger partial charge in [-0.2, -0.15) is 0 Å². The maximum atomic E-state index is 11.7. The maximum absolute atomic E-state index is 11.7. The van der Waals surface area contributed by atoms with Gasteiger partial charge in [-0.25, -0.2) is 0 Å². The molecule has 1 aromatic rings. The smallest absolute Gasteiger partial charge is 0.325 e. The molecule has 0 bridgehead atoms. The van der Waals surface area contributed by atoms with Crippen molar-refractivity contribution in [1.82, 2.24) is 5.32 Å². The summed E-state index contributed by atoms with van der Waals surface area (Å²) in [6.45, 7) is 0. The zero-order valence-corrected chi connectivity index (χ0v) is 11.8. The molecule has 3 heteroatoms. The minimum Gasteiger partial charge on any atom is -0.480 e. The average Bonchev–Trinajstić information content (AvgIpc) is 3.30. The van der Waals surface area contributed by atoms with Crippen molar-refractivity contribution in [3.05, 3.63) is 35.4 Å². The van der Waals surface area contributed by atoms with Crippen molar-refractivity contribution in [2.75, 3.05) is 0 Å². The van der Waals surface area contributed by atoms with Crippen LogP contribution >= 0.6 is 0 Å². The lowest BCUT2D eigenvalue weighted by Gasteiger charge is -2.27. The van der Waals surface area contributed by atoms with Gasteiger partial charge in [0.1, 0.15) is 6.04 Å². The Morgan fingerprint density at radius 2 is 1.80 bits per heavy atom. The highest BCUT2D eigenvalue weighted by Crippen LogP contribution is 2.43. The van der Waals surface area contributed by atoms with Gasteiger partial charge in [0, 0.05) is 6.04 Å². The zero-order chi connectivity index (χ0) is 13.9. The van der Waals surface area contributed by atoms with E-state index >= 15 is 0 Å². The number of hydrogen-bond donors (Lipinski definition) is 2. The predicted octanol–water partition coefficient (Wildman–Crippen LogP) is 3.61. The molecule has 0 heterocycles. The van der Waals surface area contributed by atoms with E-state index in [1.165, 1.54) is 37.7 Å². The molecule has 0 aliphatic heterocycles. The summed E-state index contributed by atoms with van der Waals surface area (Å²) in [5, 5.41) is 13.0. The number of rotatable bonds is 5. The lowest BCUT2D eigenvalue weighted by Crippen LogP contribution is -2.38. The van der Waals surface area contributed by atoms with E-state index in [9.17, 15) is 9.90 Å². The van der Waals surface area contributed by atoms with Gasteiger partial charge < -0.3 is 5.11 Å². The Balaban J connectivity index is 1.81. The number of hydrogen-bond acceptors (Lipinski definition) is 2. The summed E-state index contributed by atoms with van der Waals surface area (Å²) in [5.41, 5.74) is 2.22. The fraction of sp³-hybridized carbons (Fsp3) is 0.588.